The molecule has 1 atom stereocenters. The third kappa shape index (κ3) is 3.67. The van der Waals surface area contributed by atoms with Crippen molar-refractivity contribution in [1.82, 2.24) is 4.90 Å². The van der Waals surface area contributed by atoms with Crippen LogP contribution in [-0.2, 0) is 0 Å². The summed E-state index contributed by atoms with van der Waals surface area (Å²) in [5.41, 5.74) is 2.81. The molecular weight excluding hydrogens is 158 g/mol. The van der Waals surface area contributed by atoms with E-state index in [4.69, 9.17) is 0 Å². The van der Waals surface area contributed by atoms with Gasteiger partial charge < -0.3 is 4.90 Å². The minimum Gasteiger partial charge on any atom is -0.355 e. The average molecular weight is 181 g/mol. The van der Waals surface area contributed by atoms with Gasteiger partial charge in [0.05, 0.1) is 0 Å². The van der Waals surface area contributed by atoms with E-state index in [9.17, 15) is 0 Å². The van der Waals surface area contributed by atoms with Crippen molar-refractivity contribution in [3.05, 3.63) is 24.0 Å². The monoisotopic (exact) mass is 181 g/mol. The molecule has 0 N–H and O–H groups in total. The Morgan fingerprint density at radius 3 is 2.38 bits per heavy atom. The van der Waals surface area contributed by atoms with E-state index in [-0.39, 0.29) is 0 Å². The zero-order valence-corrected chi connectivity index (χ0v) is 9.72. The normalized spacial score (nSPS) is 14.8. The molecule has 0 aromatic rings. The molecule has 0 amide bonds. The molecule has 0 heterocycles. The first-order chi connectivity index (χ1) is 6.04. The van der Waals surface area contributed by atoms with E-state index in [0.717, 1.165) is 0 Å². The third-order valence-corrected chi connectivity index (χ3v) is 2.83. The predicted octanol–water partition coefficient (Wildman–Crippen LogP) is 3.79. The molecule has 0 aromatic heterocycles. The van der Waals surface area contributed by atoms with Crippen LogP contribution in [0.4, 0.5) is 0 Å². The van der Waals surface area contributed by atoms with Crippen LogP contribution in [0.25, 0.3) is 0 Å². The Balaban J connectivity index is 4.49. The first-order valence-corrected chi connectivity index (χ1v) is 5.07. The fraction of sp³-hybridized carbons (Fsp3) is 0.667. The maximum Gasteiger partial charge on any atom is 0.0131 e. The van der Waals surface area contributed by atoms with Crippen molar-refractivity contribution in [2.45, 2.75) is 40.5 Å². The Kier molecular flexibility index (Phi) is 5.52. The molecule has 1 heteroatoms. The summed E-state index contributed by atoms with van der Waals surface area (Å²) in [6.07, 6.45) is 4.38. The SMILES string of the molecule is C=CN(C)/C(C)=C(/C)C(C)CCC. The van der Waals surface area contributed by atoms with Crippen LogP contribution in [0, 0.1) is 5.92 Å². The van der Waals surface area contributed by atoms with E-state index >= 15 is 0 Å². The molecule has 0 spiro atoms. The maximum absolute atomic E-state index is 3.76. The molecule has 0 saturated heterocycles. The minimum atomic E-state index is 0.687. The largest absolute Gasteiger partial charge is 0.355 e. The van der Waals surface area contributed by atoms with Crippen molar-refractivity contribution < 1.29 is 0 Å². The van der Waals surface area contributed by atoms with Crippen molar-refractivity contribution in [3.63, 3.8) is 0 Å². The molecule has 76 valence electrons. The molecule has 0 bridgehead atoms. The maximum atomic E-state index is 3.76. The molecule has 0 radical (unpaired) electrons. The van der Waals surface area contributed by atoms with Crippen molar-refractivity contribution in [3.8, 4) is 0 Å². The van der Waals surface area contributed by atoms with Crippen molar-refractivity contribution in [1.29, 1.82) is 0 Å². The average Bonchev–Trinajstić information content (AvgIpc) is 2.14. The molecule has 0 aliphatic rings. The van der Waals surface area contributed by atoms with Gasteiger partial charge in [0.2, 0.25) is 0 Å². The van der Waals surface area contributed by atoms with Gasteiger partial charge in [-0.05, 0) is 32.4 Å². The van der Waals surface area contributed by atoms with Gasteiger partial charge in [-0.15, -0.1) is 0 Å². The lowest BCUT2D eigenvalue weighted by Gasteiger charge is -2.21. The minimum absolute atomic E-state index is 0.687. The van der Waals surface area contributed by atoms with Gasteiger partial charge in [0.15, 0.2) is 0 Å². The topological polar surface area (TPSA) is 3.24 Å². The molecule has 0 saturated carbocycles. The van der Waals surface area contributed by atoms with Gasteiger partial charge in [-0.2, -0.15) is 0 Å². The zero-order valence-electron chi connectivity index (χ0n) is 9.72. The van der Waals surface area contributed by atoms with Gasteiger partial charge >= 0.3 is 0 Å². The van der Waals surface area contributed by atoms with Crippen LogP contribution in [0.15, 0.2) is 24.0 Å². The van der Waals surface area contributed by atoms with Gasteiger partial charge in [0.1, 0.15) is 0 Å². The van der Waals surface area contributed by atoms with Gasteiger partial charge in [-0.3, -0.25) is 0 Å². The third-order valence-electron chi connectivity index (χ3n) is 2.83. The van der Waals surface area contributed by atoms with Crippen LogP contribution in [0.2, 0.25) is 0 Å². The van der Waals surface area contributed by atoms with Crippen molar-refractivity contribution in [2.75, 3.05) is 7.05 Å². The van der Waals surface area contributed by atoms with E-state index < -0.39 is 0 Å². The molecular formula is C12H23N. The Morgan fingerprint density at radius 2 is 2.00 bits per heavy atom. The lowest BCUT2D eigenvalue weighted by atomic mass is 9.96. The molecule has 1 nitrogen and oxygen atoms in total. The molecule has 0 aromatic carbocycles. The van der Waals surface area contributed by atoms with Crippen LogP contribution in [0.3, 0.4) is 0 Å². The van der Waals surface area contributed by atoms with Crippen LogP contribution in [0.1, 0.15) is 40.5 Å². The fourth-order valence-electron chi connectivity index (χ4n) is 1.42. The van der Waals surface area contributed by atoms with E-state index in [1.165, 1.54) is 24.1 Å². The number of nitrogens with zero attached hydrogens (tertiary/aromatic N) is 1. The van der Waals surface area contributed by atoms with Crippen molar-refractivity contribution >= 4 is 0 Å². The van der Waals surface area contributed by atoms with Gasteiger partial charge in [-0.25, -0.2) is 0 Å². The summed E-state index contributed by atoms with van der Waals surface area (Å²) in [6.45, 7) is 12.7. The van der Waals surface area contributed by atoms with E-state index in [1.807, 2.05) is 13.2 Å². The quantitative estimate of drug-likeness (QED) is 0.623. The second-order valence-corrected chi connectivity index (χ2v) is 3.75. The van der Waals surface area contributed by atoms with E-state index in [0.29, 0.717) is 5.92 Å². The lowest BCUT2D eigenvalue weighted by Crippen LogP contribution is -2.11. The Bertz CT molecular complexity index is 191. The predicted molar refractivity (Wildman–Crippen MR) is 60.4 cm³/mol. The summed E-state index contributed by atoms with van der Waals surface area (Å²) in [7, 11) is 2.05. The number of hydrogen-bond donors (Lipinski definition) is 0. The van der Waals surface area contributed by atoms with Crippen LogP contribution in [0.5, 0.6) is 0 Å². The number of rotatable bonds is 5. The number of hydrogen-bond acceptors (Lipinski definition) is 1. The molecule has 0 fully saturated rings. The van der Waals surface area contributed by atoms with Crippen LogP contribution in [-0.4, -0.2) is 11.9 Å². The van der Waals surface area contributed by atoms with Gasteiger partial charge in [-0.1, -0.05) is 32.4 Å². The standard InChI is InChI=1S/C12H23N/c1-7-9-10(3)11(4)12(5)13(6)8-2/h8,10H,2,7,9H2,1,3-6H3/b12-11-. The Labute approximate surface area is 83.1 Å². The van der Waals surface area contributed by atoms with Gasteiger partial charge in [0, 0.05) is 12.7 Å². The second-order valence-electron chi connectivity index (χ2n) is 3.75. The fourth-order valence-corrected chi connectivity index (χ4v) is 1.42. The summed E-state index contributed by atoms with van der Waals surface area (Å²) in [6, 6.07) is 0. The summed E-state index contributed by atoms with van der Waals surface area (Å²) in [4.78, 5) is 2.08. The zero-order chi connectivity index (χ0) is 10.4. The Morgan fingerprint density at radius 1 is 1.46 bits per heavy atom. The summed E-state index contributed by atoms with van der Waals surface area (Å²) >= 11 is 0. The molecule has 0 rings (SSSR count). The first-order valence-electron chi connectivity index (χ1n) is 5.07. The highest BCUT2D eigenvalue weighted by molar-refractivity contribution is 5.12. The summed E-state index contributed by atoms with van der Waals surface area (Å²) in [5, 5.41) is 0. The van der Waals surface area contributed by atoms with Crippen molar-refractivity contribution in [2.24, 2.45) is 5.92 Å². The molecule has 1 unspecified atom stereocenters. The number of allylic oxidation sites excluding steroid dienone is 2. The highest BCUT2D eigenvalue weighted by Gasteiger charge is 2.07. The summed E-state index contributed by atoms with van der Waals surface area (Å²) < 4.78 is 0. The summed E-state index contributed by atoms with van der Waals surface area (Å²) in [5.74, 6) is 0.687. The van der Waals surface area contributed by atoms with E-state index in [1.54, 1.807) is 0 Å². The van der Waals surface area contributed by atoms with Crippen LogP contribution >= 0.6 is 0 Å². The van der Waals surface area contributed by atoms with Crippen LogP contribution < -0.4 is 0 Å². The second kappa shape index (κ2) is 5.85. The molecule has 0 aliphatic heterocycles. The smallest absolute Gasteiger partial charge is 0.0131 e. The van der Waals surface area contributed by atoms with E-state index in [2.05, 4.69) is 39.2 Å². The molecule has 13 heavy (non-hydrogen) atoms. The first kappa shape index (κ1) is 12.3. The lowest BCUT2D eigenvalue weighted by molar-refractivity contribution is 0.523. The Hall–Kier alpha value is -0.720. The van der Waals surface area contributed by atoms with Gasteiger partial charge in [0.25, 0.3) is 0 Å². The highest BCUT2D eigenvalue weighted by atomic mass is 15.1. The highest BCUT2D eigenvalue weighted by Crippen LogP contribution is 2.20. The molecule has 0 aliphatic carbocycles.